The fourth-order valence-electron chi connectivity index (χ4n) is 7.86. The van der Waals surface area contributed by atoms with Crippen molar-refractivity contribution in [3.63, 3.8) is 0 Å². The number of hydrogen-bond acceptors (Lipinski definition) is 13. The van der Waals surface area contributed by atoms with Crippen molar-refractivity contribution in [1.82, 2.24) is 20.0 Å². The first-order chi connectivity index (χ1) is 32.8. The maximum Gasteiger partial charge on any atom is 0.265 e. The number of piperazine rings is 1. The molecule has 0 bridgehead atoms. The highest BCUT2D eigenvalue weighted by Gasteiger charge is 2.25. The molecule has 15 nitrogen and oxygen atoms in total. The molecule has 1 fully saturated rings. The topological polar surface area (TPSA) is 193 Å². The van der Waals surface area contributed by atoms with Crippen LogP contribution < -0.4 is 25.7 Å². The Labute approximate surface area is 408 Å². The molecule has 1 saturated heterocycles. The van der Waals surface area contributed by atoms with Crippen LogP contribution in [0, 0.1) is 4.91 Å². The van der Waals surface area contributed by atoms with E-state index in [9.17, 15) is 27.7 Å². The van der Waals surface area contributed by atoms with Gasteiger partial charge >= 0.3 is 0 Å². The molecule has 0 aromatic heterocycles. The molecule has 6 rings (SSSR count). The number of hydroxylamine groups is 1. The van der Waals surface area contributed by atoms with Gasteiger partial charge in [0.1, 0.15) is 5.69 Å². The molecule has 68 heavy (non-hydrogen) atoms. The van der Waals surface area contributed by atoms with Crippen molar-refractivity contribution >= 4 is 73.9 Å². The molecule has 1 aliphatic heterocycles. The van der Waals surface area contributed by atoms with Gasteiger partial charge in [-0.2, -0.15) is 0 Å². The lowest BCUT2D eigenvalue weighted by molar-refractivity contribution is -0.129. The van der Waals surface area contributed by atoms with Gasteiger partial charge in [0.2, 0.25) is 11.8 Å². The summed E-state index contributed by atoms with van der Waals surface area (Å²) in [5.74, 6) is -0.990. The number of benzene rings is 5. The van der Waals surface area contributed by atoms with E-state index in [0.717, 1.165) is 41.6 Å². The highest BCUT2D eigenvalue weighted by molar-refractivity contribution is 7.99. The highest BCUT2D eigenvalue weighted by atomic mass is 35.5. The standard InChI is InChI=1S/C50H59ClN8O7S2/c1-57(2)27-26-40(35-67-41-13-6-5-7-14-41)52-44-24-23-42(33-45(44)54-63)68(65,66)56-50(62)37-20-25-47(46(32-37)53-48(60)16-8-3-4-9-17-49(61)55-64)59-30-28-58(29-31-59)34-38-12-10-11-15-43(38)36-18-21-39(51)22-19-36/h5-7,10-15,18-25,32-33,40,52,64H,3-4,8-9,16-17,26-31,34-35H2,1-2H3,(H,53,60)(H,55,61)(H,56,62). The van der Waals surface area contributed by atoms with Gasteiger partial charge in [-0.25, -0.2) is 18.6 Å². The van der Waals surface area contributed by atoms with Crippen LogP contribution in [0.4, 0.5) is 22.7 Å². The van der Waals surface area contributed by atoms with Gasteiger partial charge in [0.25, 0.3) is 15.9 Å². The predicted octanol–water partition coefficient (Wildman–Crippen LogP) is 9.15. The van der Waals surface area contributed by atoms with E-state index < -0.39 is 21.8 Å². The molecule has 1 heterocycles. The molecule has 5 aromatic rings. The lowest BCUT2D eigenvalue weighted by Crippen LogP contribution is -2.46. The smallest absolute Gasteiger partial charge is 0.265 e. The maximum atomic E-state index is 13.8. The number of unbranched alkanes of at least 4 members (excludes halogenated alkanes) is 3. The Kier molecular flexibility index (Phi) is 19.4. The molecule has 0 saturated carbocycles. The van der Waals surface area contributed by atoms with Crippen LogP contribution in [0.1, 0.15) is 60.9 Å². The number of nitroso groups, excluding NO2 is 1. The van der Waals surface area contributed by atoms with Crippen LogP contribution in [0.3, 0.4) is 0 Å². The van der Waals surface area contributed by atoms with Crippen molar-refractivity contribution in [3.8, 4) is 11.1 Å². The van der Waals surface area contributed by atoms with Crippen molar-refractivity contribution in [1.29, 1.82) is 0 Å². The maximum absolute atomic E-state index is 13.8. The van der Waals surface area contributed by atoms with Gasteiger partial charge in [-0.05, 0) is 122 Å². The summed E-state index contributed by atoms with van der Waals surface area (Å²) >= 11 is 7.83. The van der Waals surface area contributed by atoms with E-state index >= 15 is 0 Å². The Balaban J connectivity index is 1.15. The Morgan fingerprint density at radius 1 is 0.809 bits per heavy atom. The summed E-state index contributed by atoms with van der Waals surface area (Å²) in [4.78, 5) is 58.0. The van der Waals surface area contributed by atoms with Crippen LogP contribution in [0.25, 0.3) is 11.1 Å². The zero-order valence-corrected chi connectivity index (χ0v) is 40.7. The van der Waals surface area contributed by atoms with E-state index in [2.05, 4.69) is 47.4 Å². The molecule has 1 aliphatic rings. The summed E-state index contributed by atoms with van der Waals surface area (Å²) < 4.78 is 29.6. The Morgan fingerprint density at radius 3 is 2.19 bits per heavy atom. The second-order valence-corrected chi connectivity index (χ2v) is 20.1. The van der Waals surface area contributed by atoms with Crippen molar-refractivity contribution in [2.45, 2.75) is 67.3 Å². The molecular formula is C50H59ClN8O7S2. The highest BCUT2D eigenvalue weighted by Crippen LogP contribution is 2.33. The number of carbonyl (C=O) groups excluding carboxylic acids is 3. The van der Waals surface area contributed by atoms with Crippen LogP contribution in [-0.2, 0) is 26.2 Å². The van der Waals surface area contributed by atoms with Gasteiger partial charge in [0.05, 0.1) is 22.0 Å². The lowest BCUT2D eigenvalue weighted by atomic mass is 9.99. The minimum atomic E-state index is -4.49. The molecule has 1 unspecified atom stereocenters. The monoisotopic (exact) mass is 982 g/mol. The minimum Gasteiger partial charge on any atom is -0.380 e. The quantitative estimate of drug-likeness (QED) is 0.0130. The summed E-state index contributed by atoms with van der Waals surface area (Å²) in [5.41, 5.74) is 6.32. The normalized spacial score (nSPS) is 13.5. The van der Waals surface area contributed by atoms with Crippen molar-refractivity contribution in [2.24, 2.45) is 5.18 Å². The second kappa shape index (κ2) is 25.5. The average molecular weight is 984 g/mol. The number of carbonyl (C=O) groups is 3. The first kappa shape index (κ1) is 51.6. The summed E-state index contributed by atoms with van der Waals surface area (Å²) in [6, 6.07) is 34.6. The van der Waals surface area contributed by atoms with Crippen LogP contribution in [0.5, 0.6) is 0 Å². The first-order valence-electron chi connectivity index (χ1n) is 22.6. The van der Waals surface area contributed by atoms with Gasteiger partial charge in [0, 0.05) is 72.8 Å². The number of rotatable bonds is 24. The van der Waals surface area contributed by atoms with Gasteiger partial charge in [-0.15, -0.1) is 16.7 Å². The van der Waals surface area contributed by atoms with Crippen molar-refractivity contribution in [2.75, 3.05) is 68.1 Å². The van der Waals surface area contributed by atoms with E-state index in [0.29, 0.717) is 79.7 Å². The molecule has 5 aromatic carbocycles. The molecule has 0 aliphatic carbocycles. The Bertz CT molecular complexity index is 2600. The second-order valence-electron chi connectivity index (χ2n) is 16.9. The third-order valence-corrected chi connectivity index (χ3v) is 14.3. The first-order valence-corrected chi connectivity index (χ1v) is 25.5. The van der Waals surface area contributed by atoms with E-state index in [1.165, 1.54) is 29.8 Å². The molecular weight excluding hydrogens is 924 g/mol. The van der Waals surface area contributed by atoms with Crippen LogP contribution in [0.2, 0.25) is 5.02 Å². The van der Waals surface area contributed by atoms with Crippen LogP contribution in [0.15, 0.2) is 130 Å². The number of nitrogens with zero attached hydrogens (tertiary/aromatic N) is 4. The zero-order chi connectivity index (χ0) is 48.5. The molecule has 0 radical (unpaired) electrons. The number of amides is 3. The van der Waals surface area contributed by atoms with E-state index in [1.807, 2.05) is 80.8 Å². The molecule has 3 amide bonds. The predicted molar refractivity (Wildman–Crippen MR) is 271 cm³/mol. The van der Waals surface area contributed by atoms with Crippen LogP contribution >= 0.6 is 23.4 Å². The molecule has 0 spiro atoms. The van der Waals surface area contributed by atoms with E-state index in [4.69, 9.17) is 16.8 Å². The fourth-order valence-corrected chi connectivity index (χ4v) is 9.98. The largest absolute Gasteiger partial charge is 0.380 e. The van der Waals surface area contributed by atoms with Crippen LogP contribution in [-0.4, -0.2) is 99.8 Å². The van der Waals surface area contributed by atoms with Gasteiger partial charge < -0.3 is 20.4 Å². The van der Waals surface area contributed by atoms with Crippen molar-refractivity contribution in [3.05, 3.63) is 136 Å². The number of thioether (sulfide) groups is 1. The fraction of sp³-hybridized carbons (Fsp3) is 0.340. The van der Waals surface area contributed by atoms with Gasteiger partial charge in [0.15, 0.2) is 0 Å². The number of hydrogen-bond donors (Lipinski definition) is 5. The summed E-state index contributed by atoms with van der Waals surface area (Å²) in [6.07, 6.45) is 3.60. The molecule has 5 N–H and O–H groups in total. The van der Waals surface area contributed by atoms with Crippen molar-refractivity contribution < 1.29 is 28.0 Å². The van der Waals surface area contributed by atoms with Gasteiger partial charge in [-0.3, -0.25) is 24.5 Å². The Morgan fingerprint density at radius 2 is 1.50 bits per heavy atom. The summed E-state index contributed by atoms with van der Waals surface area (Å²) in [5, 5.41) is 18.9. The number of anilines is 3. The summed E-state index contributed by atoms with van der Waals surface area (Å²) in [6.45, 7) is 4.17. The van der Waals surface area contributed by atoms with Gasteiger partial charge in [-0.1, -0.05) is 79.0 Å². The van der Waals surface area contributed by atoms with E-state index in [-0.39, 0.29) is 40.9 Å². The lowest BCUT2D eigenvalue weighted by Gasteiger charge is -2.37. The molecule has 1 atom stereocenters. The SMILES string of the molecule is CN(C)CCC(CSc1ccccc1)Nc1ccc(S(=O)(=O)NC(=O)c2ccc(N3CCN(Cc4ccccc4-c4ccc(Cl)cc4)CC3)c(NC(=O)CCCCCCC(=O)NO)c2)cc1N=O. The average Bonchev–Trinajstić information content (AvgIpc) is 3.34. The number of nitrogens with one attached hydrogen (secondary N) is 4. The zero-order valence-electron chi connectivity index (χ0n) is 38.3. The molecule has 18 heteroatoms. The third-order valence-electron chi connectivity index (χ3n) is 11.6. The summed E-state index contributed by atoms with van der Waals surface area (Å²) in [7, 11) is -0.533. The molecule has 360 valence electrons. The minimum absolute atomic E-state index is 0.00102. The van der Waals surface area contributed by atoms with E-state index in [1.54, 1.807) is 23.3 Å². The third kappa shape index (κ3) is 15.3. The number of halogens is 1. The Hall–Kier alpha value is -5.82. The number of sulfonamides is 1.